The van der Waals surface area contributed by atoms with Crippen molar-refractivity contribution >= 4 is 17.0 Å². The third kappa shape index (κ3) is 2.16. The van der Waals surface area contributed by atoms with Gasteiger partial charge in [-0.2, -0.15) is 5.10 Å². The number of rotatable bonds is 3. The summed E-state index contributed by atoms with van der Waals surface area (Å²) in [6.07, 6.45) is 1.68. The smallest absolute Gasteiger partial charge is 0.335 e. The molecule has 2 aromatic carbocycles. The largest absolute Gasteiger partial charge is 0.478 e. The molecule has 6 heteroatoms. The van der Waals surface area contributed by atoms with E-state index in [-0.39, 0.29) is 5.56 Å². The zero-order valence-electron chi connectivity index (χ0n) is 12.9. The molecule has 6 nitrogen and oxygen atoms in total. The summed E-state index contributed by atoms with van der Waals surface area (Å²) in [4.78, 5) is 15.9. The second kappa shape index (κ2) is 5.34. The molecule has 118 valence electrons. The van der Waals surface area contributed by atoms with Crippen molar-refractivity contribution in [1.82, 2.24) is 19.3 Å². The number of aromatic carboxylic acids is 1. The first-order chi connectivity index (χ1) is 11.6. The first kappa shape index (κ1) is 14.2. The van der Waals surface area contributed by atoms with Crippen LogP contribution in [-0.4, -0.2) is 30.4 Å². The minimum Gasteiger partial charge on any atom is -0.478 e. The van der Waals surface area contributed by atoms with E-state index in [1.54, 1.807) is 29.1 Å². The molecule has 4 aromatic rings. The fourth-order valence-electron chi connectivity index (χ4n) is 2.82. The van der Waals surface area contributed by atoms with Crippen LogP contribution in [-0.2, 0) is 7.05 Å². The molecule has 0 unspecified atom stereocenters. The van der Waals surface area contributed by atoms with Gasteiger partial charge in [-0.05, 0) is 36.4 Å². The van der Waals surface area contributed by atoms with Gasteiger partial charge in [0, 0.05) is 7.05 Å². The van der Waals surface area contributed by atoms with Gasteiger partial charge in [-0.3, -0.25) is 0 Å². The summed E-state index contributed by atoms with van der Waals surface area (Å²) >= 11 is 0. The van der Waals surface area contributed by atoms with Crippen molar-refractivity contribution < 1.29 is 9.90 Å². The van der Waals surface area contributed by atoms with Gasteiger partial charge in [-0.15, -0.1) is 0 Å². The summed E-state index contributed by atoms with van der Waals surface area (Å²) in [5, 5.41) is 13.5. The Balaban J connectivity index is 1.90. The van der Waals surface area contributed by atoms with Crippen molar-refractivity contribution in [2.24, 2.45) is 7.05 Å². The maximum Gasteiger partial charge on any atom is 0.335 e. The second-order valence-corrected chi connectivity index (χ2v) is 5.47. The molecule has 2 aromatic heterocycles. The molecule has 1 N–H and O–H groups in total. The predicted octanol–water partition coefficient (Wildman–Crippen LogP) is 3.12. The SMILES string of the molecule is Cn1c(-c2ccnn2-c2cccc(C(=O)O)c2)nc2ccccc21. The third-order valence-corrected chi connectivity index (χ3v) is 4.00. The van der Waals surface area contributed by atoms with E-state index in [9.17, 15) is 9.90 Å². The van der Waals surface area contributed by atoms with E-state index in [2.05, 4.69) is 10.1 Å². The van der Waals surface area contributed by atoms with Gasteiger partial charge in [0.1, 0.15) is 5.69 Å². The van der Waals surface area contributed by atoms with Crippen LogP contribution < -0.4 is 0 Å². The first-order valence-electron chi connectivity index (χ1n) is 7.45. The van der Waals surface area contributed by atoms with Gasteiger partial charge >= 0.3 is 5.97 Å². The van der Waals surface area contributed by atoms with E-state index in [0.29, 0.717) is 5.69 Å². The van der Waals surface area contributed by atoms with Gasteiger partial charge in [0.2, 0.25) is 0 Å². The molecule has 0 amide bonds. The Morgan fingerprint density at radius 3 is 2.71 bits per heavy atom. The minimum atomic E-state index is -0.965. The minimum absolute atomic E-state index is 0.221. The zero-order valence-corrected chi connectivity index (χ0v) is 12.9. The number of para-hydroxylation sites is 2. The van der Waals surface area contributed by atoms with Crippen LogP contribution in [0.25, 0.3) is 28.2 Å². The quantitative estimate of drug-likeness (QED) is 0.630. The van der Waals surface area contributed by atoms with Crippen LogP contribution in [0.4, 0.5) is 0 Å². The molecule has 0 aliphatic heterocycles. The van der Waals surface area contributed by atoms with E-state index < -0.39 is 5.97 Å². The van der Waals surface area contributed by atoms with Gasteiger partial charge < -0.3 is 9.67 Å². The average Bonchev–Trinajstić information content (AvgIpc) is 3.20. The maximum absolute atomic E-state index is 11.2. The highest BCUT2D eigenvalue weighted by Gasteiger charge is 2.15. The molecule has 0 radical (unpaired) electrons. The molecule has 0 aliphatic carbocycles. The van der Waals surface area contributed by atoms with Gasteiger partial charge in [-0.25, -0.2) is 14.5 Å². The number of carboxylic acid groups (broad SMARTS) is 1. The monoisotopic (exact) mass is 318 g/mol. The van der Waals surface area contributed by atoms with Crippen LogP contribution in [0.2, 0.25) is 0 Å². The maximum atomic E-state index is 11.2. The van der Waals surface area contributed by atoms with Crippen LogP contribution in [0.5, 0.6) is 0 Å². The van der Waals surface area contributed by atoms with E-state index in [1.807, 2.05) is 48.0 Å². The van der Waals surface area contributed by atoms with Gasteiger partial charge in [0.05, 0.1) is 28.5 Å². The summed E-state index contributed by atoms with van der Waals surface area (Å²) in [6.45, 7) is 0. The van der Waals surface area contributed by atoms with E-state index >= 15 is 0 Å². The molecular formula is C18H14N4O2. The highest BCUT2D eigenvalue weighted by Crippen LogP contribution is 2.25. The molecule has 0 saturated heterocycles. The molecule has 24 heavy (non-hydrogen) atoms. The number of fused-ring (bicyclic) bond motifs is 1. The van der Waals surface area contributed by atoms with Crippen molar-refractivity contribution in [3.8, 4) is 17.2 Å². The Kier molecular flexibility index (Phi) is 3.16. The Labute approximate surface area is 137 Å². The van der Waals surface area contributed by atoms with Crippen LogP contribution >= 0.6 is 0 Å². The number of hydrogen-bond acceptors (Lipinski definition) is 3. The van der Waals surface area contributed by atoms with Crippen LogP contribution in [0.3, 0.4) is 0 Å². The van der Waals surface area contributed by atoms with E-state index in [4.69, 9.17) is 0 Å². The highest BCUT2D eigenvalue weighted by atomic mass is 16.4. The molecule has 2 heterocycles. The number of carboxylic acids is 1. The molecule has 0 aliphatic rings. The fraction of sp³-hybridized carbons (Fsp3) is 0.0556. The summed E-state index contributed by atoms with van der Waals surface area (Å²) in [7, 11) is 1.95. The standard InChI is InChI=1S/C18H14N4O2/c1-21-15-8-3-2-7-14(15)20-17(21)16-9-10-19-22(16)13-6-4-5-12(11-13)18(23)24/h2-11H,1H3,(H,23,24). The number of carbonyl (C=O) groups is 1. The average molecular weight is 318 g/mol. The van der Waals surface area contributed by atoms with Crippen LogP contribution in [0, 0.1) is 0 Å². The molecule has 0 fully saturated rings. The Morgan fingerprint density at radius 2 is 1.92 bits per heavy atom. The van der Waals surface area contributed by atoms with Crippen molar-refractivity contribution in [1.29, 1.82) is 0 Å². The molecule has 0 spiro atoms. The zero-order chi connectivity index (χ0) is 16.7. The van der Waals surface area contributed by atoms with Crippen LogP contribution in [0.15, 0.2) is 60.8 Å². The van der Waals surface area contributed by atoms with Crippen molar-refractivity contribution in [2.45, 2.75) is 0 Å². The lowest BCUT2D eigenvalue weighted by molar-refractivity contribution is 0.0697. The van der Waals surface area contributed by atoms with E-state index in [1.165, 1.54) is 0 Å². The molecule has 0 atom stereocenters. The summed E-state index contributed by atoms with van der Waals surface area (Å²) in [6, 6.07) is 16.5. The Hall–Kier alpha value is -3.41. The van der Waals surface area contributed by atoms with Gasteiger partial charge in [0.15, 0.2) is 5.82 Å². The molecule has 0 saturated carbocycles. The van der Waals surface area contributed by atoms with Crippen molar-refractivity contribution in [3.05, 3.63) is 66.4 Å². The molecule has 4 rings (SSSR count). The first-order valence-corrected chi connectivity index (χ1v) is 7.45. The molecule has 0 bridgehead atoms. The summed E-state index contributed by atoms with van der Waals surface area (Å²) in [5.41, 5.74) is 3.64. The normalized spacial score (nSPS) is 11.0. The van der Waals surface area contributed by atoms with Gasteiger partial charge in [0.25, 0.3) is 0 Å². The van der Waals surface area contributed by atoms with Crippen molar-refractivity contribution in [3.63, 3.8) is 0 Å². The fourth-order valence-corrected chi connectivity index (χ4v) is 2.82. The summed E-state index contributed by atoms with van der Waals surface area (Å²) < 4.78 is 3.71. The number of aromatic nitrogens is 4. The lowest BCUT2D eigenvalue weighted by Crippen LogP contribution is -2.04. The number of imidazole rings is 1. The number of benzene rings is 2. The van der Waals surface area contributed by atoms with E-state index in [0.717, 1.165) is 22.6 Å². The number of nitrogens with zero attached hydrogens (tertiary/aromatic N) is 4. The summed E-state index contributed by atoms with van der Waals surface area (Å²) in [5.74, 6) is -0.192. The Morgan fingerprint density at radius 1 is 1.08 bits per heavy atom. The number of aryl methyl sites for hydroxylation is 1. The van der Waals surface area contributed by atoms with Crippen molar-refractivity contribution in [2.75, 3.05) is 0 Å². The second-order valence-electron chi connectivity index (χ2n) is 5.47. The topological polar surface area (TPSA) is 72.9 Å². The highest BCUT2D eigenvalue weighted by molar-refractivity contribution is 5.88. The number of hydrogen-bond donors (Lipinski definition) is 1. The predicted molar refractivity (Wildman–Crippen MR) is 90.2 cm³/mol. The Bertz CT molecular complexity index is 1060. The van der Waals surface area contributed by atoms with Gasteiger partial charge in [-0.1, -0.05) is 18.2 Å². The lowest BCUT2D eigenvalue weighted by Gasteiger charge is -2.08. The molecular weight excluding hydrogens is 304 g/mol. The lowest BCUT2D eigenvalue weighted by atomic mass is 10.2. The third-order valence-electron chi connectivity index (χ3n) is 4.00. The van der Waals surface area contributed by atoms with Crippen LogP contribution in [0.1, 0.15) is 10.4 Å².